The number of anilines is 4. The standard InChI is InChI=1S/C21H24N8O3S.C15H17ClN6O/c1-13(2)29-17-8-19(23-10-16(17)25-20(29)12-32-3)26-18-6-7-22-21(27-18)14-9-24-28(11-14)33(30,31)15-4-5-15;1-9(2)22-11-6-13(20-12-4-5-17-15(16)21-12)18-7-10(11)19-14(22)8-23-3/h6-11,13,15H,4-5,12H2,1-3H3,(H,22,23,26,27);4-7,9H,8H2,1-3H3,(H,17,18,20,21). The Labute approximate surface area is 327 Å². The Hall–Kier alpha value is -5.63. The molecule has 0 saturated heterocycles. The van der Waals surface area contributed by atoms with Crippen LogP contribution in [0.3, 0.4) is 0 Å². The molecule has 1 fully saturated rings. The lowest BCUT2D eigenvalue weighted by atomic mass is 10.3. The first-order valence-electron chi connectivity index (χ1n) is 17.8. The molecule has 0 atom stereocenters. The van der Waals surface area contributed by atoms with Gasteiger partial charge in [0, 0.05) is 50.8 Å². The summed E-state index contributed by atoms with van der Waals surface area (Å²) in [4.78, 5) is 34.8. The van der Waals surface area contributed by atoms with Crippen molar-refractivity contribution in [1.29, 1.82) is 0 Å². The maximum absolute atomic E-state index is 12.4. The molecular weight excluding hydrogens is 760 g/mol. The molecule has 1 aliphatic rings. The number of imidazole rings is 2. The minimum atomic E-state index is -3.44. The van der Waals surface area contributed by atoms with Gasteiger partial charge in [0.25, 0.3) is 10.0 Å². The Morgan fingerprint density at radius 3 is 1.79 bits per heavy atom. The van der Waals surface area contributed by atoms with Gasteiger partial charge >= 0.3 is 0 Å². The number of nitrogens with one attached hydrogen (secondary N) is 2. The average Bonchev–Trinajstić information content (AvgIpc) is 3.63. The van der Waals surface area contributed by atoms with Gasteiger partial charge in [0.05, 0.1) is 46.6 Å². The van der Waals surface area contributed by atoms with Crippen LogP contribution in [0.25, 0.3) is 33.5 Å². The second-order valence-electron chi connectivity index (χ2n) is 13.5. The third-order valence-corrected chi connectivity index (χ3v) is 10.9. The van der Waals surface area contributed by atoms with Crippen LogP contribution in [0.2, 0.25) is 5.28 Å². The maximum atomic E-state index is 12.4. The van der Waals surface area contributed by atoms with E-state index in [1.807, 2.05) is 12.1 Å². The van der Waals surface area contributed by atoms with Gasteiger partial charge in [-0.3, -0.25) is 0 Å². The number of hydrogen-bond donors (Lipinski definition) is 2. The van der Waals surface area contributed by atoms with E-state index in [0.29, 0.717) is 60.7 Å². The first-order valence-corrected chi connectivity index (χ1v) is 19.7. The van der Waals surface area contributed by atoms with Gasteiger partial charge < -0.3 is 29.2 Å². The van der Waals surface area contributed by atoms with E-state index in [1.165, 1.54) is 12.4 Å². The van der Waals surface area contributed by atoms with Gasteiger partial charge in [-0.1, -0.05) is 0 Å². The Morgan fingerprint density at radius 1 is 0.750 bits per heavy atom. The number of fused-ring (bicyclic) bond motifs is 2. The largest absolute Gasteiger partial charge is 0.377 e. The van der Waals surface area contributed by atoms with Crippen LogP contribution in [-0.4, -0.2) is 86.1 Å². The van der Waals surface area contributed by atoms with Gasteiger partial charge in [-0.15, -0.1) is 0 Å². The Morgan fingerprint density at radius 2 is 1.29 bits per heavy atom. The molecule has 1 aliphatic carbocycles. The summed E-state index contributed by atoms with van der Waals surface area (Å²) in [5.41, 5.74) is 4.07. The first-order chi connectivity index (χ1) is 26.9. The molecule has 20 heteroatoms. The molecule has 2 N–H and O–H groups in total. The summed E-state index contributed by atoms with van der Waals surface area (Å²) in [5, 5.41) is 10.2. The molecule has 0 bridgehead atoms. The highest BCUT2D eigenvalue weighted by molar-refractivity contribution is 7.90. The molecule has 0 spiro atoms. The third-order valence-electron chi connectivity index (χ3n) is 8.70. The Kier molecular flexibility index (Phi) is 11.2. The number of pyridine rings is 2. The van der Waals surface area contributed by atoms with Crippen molar-refractivity contribution >= 4 is 67.0 Å². The van der Waals surface area contributed by atoms with Gasteiger partial charge in [0.2, 0.25) is 5.28 Å². The average molecular weight is 801 g/mol. The van der Waals surface area contributed by atoms with Crippen LogP contribution in [0.5, 0.6) is 0 Å². The first kappa shape index (κ1) is 38.6. The fourth-order valence-electron chi connectivity index (χ4n) is 6.16. The van der Waals surface area contributed by atoms with Crippen molar-refractivity contribution in [2.45, 2.75) is 71.1 Å². The highest BCUT2D eigenvalue weighted by Crippen LogP contribution is 2.31. The van der Waals surface area contributed by atoms with E-state index in [0.717, 1.165) is 37.8 Å². The van der Waals surface area contributed by atoms with Gasteiger partial charge in [-0.25, -0.2) is 48.3 Å². The number of hydrogen-bond acceptors (Lipinski definition) is 15. The van der Waals surface area contributed by atoms with Crippen LogP contribution >= 0.6 is 11.6 Å². The van der Waals surface area contributed by atoms with Crippen molar-refractivity contribution < 1.29 is 17.9 Å². The summed E-state index contributed by atoms with van der Waals surface area (Å²) in [6, 6.07) is 7.77. The number of methoxy groups -OCH3 is 2. The summed E-state index contributed by atoms with van der Waals surface area (Å²) in [6.45, 7) is 9.27. The van der Waals surface area contributed by atoms with Crippen LogP contribution in [0.15, 0.2) is 61.4 Å². The lowest BCUT2D eigenvalue weighted by Gasteiger charge is -2.13. The zero-order valence-corrected chi connectivity index (χ0v) is 33.2. The predicted octanol–water partition coefficient (Wildman–Crippen LogP) is 6.24. The van der Waals surface area contributed by atoms with E-state index in [9.17, 15) is 8.42 Å². The van der Waals surface area contributed by atoms with E-state index < -0.39 is 10.0 Å². The fraction of sp³-hybridized carbons (Fsp3) is 0.361. The normalized spacial score (nSPS) is 13.1. The zero-order chi connectivity index (χ0) is 39.6. The molecule has 7 aromatic heterocycles. The van der Waals surface area contributed by atoms with Crippen LogP contribution < -0.4 is 10.6 Å². The third kappa shape index (κ3) is 8.30. The van der Waals surface area contributed by atoms with Gasteiger partial charge in [-0.05, 0) is 64.3 Å². The smallest absolute Gasteiger partial charge is 0.256 e. The summed E-state index contributed by atoms with van der Waals surface area (Å²) in [6.07, 6.45) is 10.9. The number of ether oxygens (including phenoxy) is 2. The molecule has 0 radical (unpaired) electrons. The monoisotopic (exact) mass is 800 g/mol. The number of aromatic nitrogens is 12. The topological polar surface area (TPSA) is 207 Å². The minimum Gasteiger partial charge on any atom is -0.377 e. The number of rotatable bonds is 13. The predicted molar refractivity (Wildman–Crippen MR) is 211 cm³/mol. The van der Waals surface area contributed by atoms with E-state index in [4.69, 9.17) is 21.1 Å². The van der Waals surface area contributed by atoms with Gasteiger partial charge in [-0.2, -0.15) is 9.19 Å². The van der Waals surface area contributed by atoms with Gasteiger partial charge in [0.15, 0.2) is 5.82 Å². The summed E-state index contributed by atoms with van der Waals surface area (Å²) < 4.78 is 40.6. The molecule has 1 saturated carbocycles. The van der Waals surface area contributed by atoms with Crippen LogP contribution in [0, 0.1) is 0 Å². The highest BCUT2D eigenvalue weighted by Gasteiger charge is 2.37. The summed E-state index contributed by atoms with van der Waals surface area (Å²) >= 11 is 5.80. The minimum absolute atomic E-state index is 0.186. The molecule has 0 aliphatic heterocycles. The summed E-state index contributed by atoms with van der Waals surface area (Å²) in [7, 11) is -0.132. The Balaban J connectivity index is 0.000000183. The fourth-order valence-corrected chi connectivity index (χ4v) is 7.78. The van der Waals surface area contributed by atoms with Crippen molar-refractivity contribution in [3.63, 3.8) is 0 Å². The highest BCUT2D eigenvalue weighted by atomic mass is 35.5. The van der Waals surface area contributed by atoms with Crippen molar-refractivity contribution in [2.75, 3.05) is 24.9 Å². The maximum Gasteiger partial charge on any atom is 0.256 e. The molecule has 7 aromatic rings. The quantitative estimate of drug-likeness (QED) is 0.124. The van der Waals surface area contributed by atoms with E-state index in [1.54, 1.807) is 51.1 Å². The van der Waals surface area contributed by atoms with Crippen LogP contribution in [-0.2, 0) is 32.7 Å². The second-order valence-corrected chi connectivity index (χ2v) is 15.9. The summed E-state index contributed by atoms with van der Waals surface area (Å²) in [5.74, 6) is 4.46. The van der Waals surface area contributed by atoms with Crippen molar-refractivity contribution in [2.24, 2.45) is 0 Å². The molecule has 0 amide bonds. The molecular formula is C36H41ClN14O4S. The SMILES string of the molecule is COCc1nc2cnc(Nc3ccnc(-c4cnn(S(=O)(=O)C5CC5)c4)n3)cc2n1C(C)C.COCc1nc2cnc(Nc3ccnc(Cl)n3)cc2n1C(C)C. The van der Waals surface area contributed by atoms with E-state index >= 15 is 0 Å². The molecule has 8 rings (SSSR count). The van der Waals surface area contributed by atoms with E-state index in [-0.39, 0.29) is 22.6 Å². The van der Waals surface area contributed by atoms with Crippen molar-refractivity contribution in [3.05, 3.63) is 78.4 Å². The molecule has 56 heavy (non-hydrogen) atoms. The molecule has 0 aromatic carbocycles. The molecule has 18 nitrogen and oxygen atoms in total. The van der Waals surface area contributed by atoms with Crippen LogP contribution in [0.1, 0.15) is 64.3 Å². The molecule has 292 valence electrons. The van der Waals surface area contributed by atoms with Gasteiger partial charge in [0.1, 0.15) is 59.2 Å². The van der Waals surface area contributed by atoms with Crippen molar-refractivity contribution in [3.8, 4) is 11.4 Å². The Bertz CT molecular complexity index is 2600. The van der Waals surface area contributed by atoms with Crippen LogP contribution in [0.4, 0.5) is 23.3 Å². The zero-order valence-electron chi connectivity index (χ0n) is 31.6. The lowest BCUT2D eigenvalue weighted by Crippen LogP contribution is -2.17. The second kappa shape index (κ2) is 16.2. The molecule has 7 heterocycles. The van der Waals surface area contributed by atoms with Crippen molar-refractivity contribution in [1.82, 2.24) is 58.2 Å². The number of halogens is 1. The lowest BCUT2D eigenvalue weighted by molar-refractivity contribution is 0.173. The molecule has 0 unspecified atom stereocenters. The van der Waals surface area contributed by atoms with E-state index in [2.05, 4.69) is 92.4 Å². The number of nitrogens with zero attached hydrogens (tertiary/aromatic N) is 12.